The molecule has 110 valence electrons. The van der Waals surface area contributed by atoms with Crippen molar-refractivity contribution in [1.29, 1.82) is 0 Å². The smallest absolute Gasteiger partial charge is 0.223 e. The molecule has 0 aliphatic carbocycles. The monoisotopic (exact) mass is 285 g/mol. The molecule has 0 unspecified atom stereocenters. The number of hydrogen-bond donors (Lipinski definition) is 1. The normalized spacial score (nSPS) is 17.4. The lowest BCUT2D eigenvalue weighted by molar-refractivity contribution is -0.125. The zero-order chi connectivity index (χ0) is 14.5. The van der Waals surface area contributed by atoms with Crippen LogP contribution in [0.4, 0.5) is 0 Å². The standard InChI is InChI=1S/C17H19NO3/c19-17(18-9-7-15-5-3-10-20-15)14-8-11-21-16-6-2-1-4-13(16)12-14/h1-6,10,14H,7-9,11-12H2,(H,18,19)/t14-/m0/s1. The summed E-state index contributed by atoms with van der Waals surface area (Å²) in [6.07, 6.45) is 3.86. The van der Waals surface area contributed by atoms with Crippen molar-refractivity contribution in [1.82, 2.24) is 5.32 Å². The van der Waals surface area contributed by atoms with E-state index < -0.39 is 0 Å². The first-order valence-corrected chi connectivity index (χ1v) is 7.34. The molecule has 2 aromatic rings. The Balaban J connectivity index is 1.55. The number of nitrogens with one attached hydrogen (secondary N) is 1. The number of furan rings is 1. The van der Waals surface area contributed by atoms with Crippen LogP contribution in [0.1, 0.15) is 17.7 Å². The van der Waals surface area contributed by atoms with Gasteiger partial charge in [-0.1, -0.05) is 18.2 Å². The number of carbonyl (C=O) groups excluding carboxylic acids is 1. The second kappa shape index (κ2) is 6.48. The molecule has 0 spiro atoms. The molecule has 0 fully saturated rings. The average Bonchev–Trinajstić information content (AvgIpc) is 2.91. The quantitative estimate of drug-likeness (QED) is 0.939. The summed E-state index contributed by atoms with van der Waals surface area (Å²) in [5.74, 6) is 1.88. The van der Waals surface area contributed by atoms with Gasteiger partial charge in [-0.25, -0.2) is 0 Å². The van der Waals surface area contributed by atoms with E-state index >= 15 is 0 Å². The highest BCUT2D eigenvalue weighted by molar-refractivity contribution is 5.79. The predicted octanol–water partition coefficient (Wildman–Crippen LogP) is 2.58. The summed E-state index contributed by atoms with van der Waals surface area (Å²) in [4.78, 5) is 12.3. The number of hydrogen-bond acceptors (Lipinski definition) is 3. The molecule has 1 amide bonds. The summed E-state index contributed by atoms with van der Waals surface area (Å²) >= 11 is 0. The molecule has 3 rings (SSSR count). The third-order valence-electron chi connectivity index (χ3n) is 3.78. The van der Waals surface area contributed by atoms with Gasteiger partial charge in [-0.15, -0.1) is 0 Å². The van der Waals surface area contributed by atoms with E-state index in [2.05, 4.69) is 5.32 Å². The minimum absolute atomic E-state index is 0.0229. The van der Waals surface area contributed by atoms with E-state index in [0.717, 1.165) is 36.3 Å². The van der Waals surface area contributed by atoms with Gasteiger partial charge in [0.05, 0.1) is 12.9 Å². The highest BCUT2D eigenvalue weighted by Gasteiger charge is 2.23. The highest BCUT2D eigenvalue weighted by atomic mass is 16.5. The fraction of sp³-hybridized carbons (Fsp3) is 0.353. The van der Waals surface area contributed by atoms with Gasteiger partial charge in [0, 0.05) is 18.9 Å². The molecule has 0 saturated carbocycles. The molecule has 2 heterocycles. The number of para-hydroxylation sites is 1. The summed E-state index contributed by atoms with van der Waals surface area (Å²) in [7, 11) is 0. The molecule has 4 heteroatoms. The van der Waals surface area contributed by atoms with E-state index in [9.17, 15) is 4.79 Å². The van der Waals surface area contributed by atoms with Crippen LogP contribution in [0.5, 0.6) is 5.75 Å². The summed E-state index contributed by atoms with van der Waals surface area (Å²) in [5, 5.41) is 2.99. The van der Waals surface area contributed by atoms with Crippen LogP contribution in [0.2, 0.25) is 0 Å². The van der Waals surface area contributed by atoms with E-state index in [4.69, 9.17) is 9.15 Å². The van der Waals surface area contributed by atoms with Crippen molar-refractivity contribution in [3.05, 3.63) is 54.0 Å². The molecule has 1 N–H and O–H groups in total. The largest absolute Gasteiger partial charge is 0.493 e. The molecule has 1 aromatic carbocycles. The number of amides is 1. The number of fused-ring (bicyclic) bond motifs is 1. The second-order valence-corrected chi connectivity index (χ2v) is 5.27. The molecule has 1 aliphatic heterocycles. The number of rotatable bonds is 4. The zero-order valence-electron chi connectivity index (χ0n) is 11.9. The Hall–Kier alpha value is -2.23. The van der Waals surface area contributed by atoms with Crippen molar-refractivity contribution in [3.8, 4) is 5.75 Å². The van der Waals surface area contributed by atoms with E-state index in [0.29, 0.717) is 13.2 Å². The van der Waals surface area contributed by atoms with Crippen LogP contribution < -0.4 is 10.1 Å². The molecule has 0 radical (unpaired) electrons. The van der Waals surface area contributed by atoms with Crippen LogP contribution in [0.3, 0.4) is 0 Å². The van der Waals surface area contributed by atoms with Crippen molar-refractivity contribution in [3.63, 3.8) is 0 Å². The van der Waals surface area contributed by atoms with E-state index in [1.165, 1.54) is 0 Å². The maximum Gasteiger partial charge on any atom is 0.223 e. The summed E-state index contributed by atoms with van der Waals surface area (Å²) in [6.45, 7) is 1.19. The Morgan fingerprint density at radius 3 is 3.00 bits per heavy atom. The average molecular weight is 285 g/mol. The van der Waals surface area contributed by atoms with Crippen LogP contribution in [0, 0.1) is 5.92 Å². The second-order valence-electron chi connectivity index (χ2n) is 5.27. The lowest BCUT2D eigenvalue weighted by Crippen LogP contribution is -2.33. The lowest BCUT2D eigenvalue weighted by atomic mass is 9.96. The molecule has 1 atom stereocenters. The third-order valence-corrected chi connectivity index (χ3v) is 3.78. The lowest BCUT2D eigenvalue weighted by Gasteiger charge is -2.13. The number of ether oxygens (including phenoxy) is 1. The molecule has 0 bridgehead atoms. The van der Waals surface area contributed by atoms with Crippen molar-refractivity contribution in [2.75, 3.05) is 13.2 Å². The molecule has 1 aromatic heterocycles. The van der Waals surface area contributed by atoms with Gasteiger partial charge in [-0.3, -0.25) is 4.79 Å². The Labute approximate surface area is 124 Å². The van der Waals surface area contributed by atoms with Crippen LogP contribution in [0.15, 0.2) is 47.1 Å². The fourth-order valence-corrected chi connectivity index (χ4v) is 2.62. The maximum atomic E-state index is 12.3. The zero-order valence-corrected chi connectivity index (χ0v) is 11.9. The van der Waals surface area contributed by atoms with E-state index in [-0.39, 0.29) is 11.8 Å². The Morgan fingerprint density at radius 1 is 1.24 bits per heavy atom. The first-order chi connectivity index (χ1) is 10.3. The summed E-state index contributed by atoms with van der Waals surface area (Å²) < 4.78 is 11.0. The summed E-state index contributed by atoms with van der Waals surface area (Å²) in [6, 6.07) is 11.7. The highest BCUT2D eigenvalue weighted by Crippen LogP contribution is 2.26. The Bertz CT molecular complexity index is 592. The molecule has 0 saturated heterocycles. The molecule has 4 nitrogen and oxygen atoms in total. The van der Waals surface area contributed by atoms with E-state index in [1.807, 2.05) is 36.4 Å². The molecular weight excluding hydrogens is 266 g/mol. The van der Waals surface area contributed by atoms with Gasteiger partial charge >= 0.3 is 0 Å². The molecule has 1 aliphatic rings. The third kappa shape index (κ3) is 3.45. The van der Waals surface area contributed by atoms with Crippen molar-refractivity contribution in [2.45, 2.75) is 19.3 Å². The maximum absolute atomic E-state index is 12.3. The number of carbonyl (C=O) groups is 1. The van der Waals surface area contributed by atoms with Gasteiger partial charge in [0.1, 0.15) is 11.5 Å². The van der Waals surface area contributed by atoms with Gasteiger partial charge in [0.2, 0.25) is 5.91 Å². The Kier molecular flexibility index (Phi) is 4.24. The van der Waals surface area contributed by atoms with Gasteiger partial charge in [-0.05, 0) is 36.6 Å². The van der Waals surface area contributed by atoms with Crippen LogP contribution in [0.25, 0.3) is 0 Å². The number of benzene rings is 1. The fourth-order valence-electron chi connectivity index (χ4n) is 2.62. The van der Waals surface area contributed by atoms with E-state index in [1.54, 1.807) is 6.26 Å². The van der Waals surface area contributed by atoms with Gasteiger partial charge in [0.15, 0.2) is 0 Å². The minimum Gasteiger partial charge on any atom is -0.493 e. The van der Waals surface area contributed by atoms with Gasteiger partial charge < -0.3 is 14.5 Å². The predicted molar refractivity (Wildman–Crippen MR) is 79.2 cm³/mol. The van der Waals surface area contributed by atoms with Crippen molar-refractivity contribution < 1.29 is 13.9 Å². The molecular formula is C17H19NO3. The Morgan fingerprint density at radius 2 is 2.14 bits per heavy atom. The molecule has 21 heavy (non-hydrogen) atoms. The van der Waals surface area contributed by atoms with Gasteiger partial charge in [0.25, 0.3) is 0 Å². The topological polar surface area (TPSA) is 51.5 Å². The van der Waals surface area contributed by atoms with Crippen LogP contribution in [-0.4, -0.2) is 19.1 Å². The SMILES string of the molecule is O=C(NCCc1ccco1)[C@H]1CCOc2ccccc2C1. The van der Waals surface area contributed by atoms with Crippen LogP contribution in [-0.2, 0) is 17.6 Å². The van der Waals surface area contributed by atoms with Crippen LogP contribution >= 0.6 is 0 Å². The minimum atomic E-state index is -0.0229. The van der Waals surface area contributed by atoms with Gasteiger partial charge in [-0.2, -0.15) is 0 Å². The first-order valence-electron chi connectivity index (χ1n) is 7.34. The van der Waals surface area contributed by atoms with Crippen molar-refractivity contribution in [2.24, 2.45) is 5.92 Å². The van der Waals surface area contributed by atoms with Crippen molar-refractivity contribution >= 4 is 5.91 Å². The first kappa shape index (κ1) is 13.7. The summed E-state index contributed by atoms with van der Waals surface area (Å²) in [5.41, 5.74) is 1.11.